The van der Waals surface area contributed by atoms with Gasteiger partial charge < -0.3 is 0 Å². The van der Waals surface area contributed by atoms with Crippen LogP contribution in [0.3, 0.4) is 0 Å². The van der Waals surface area contributed by atoms with Crippen molar-refractivity contribution >= 4 is 35.3 Å². The smallest absolute Gasteiger partial charge is 0.0553 e. The Kier molecular flexibility index (Phi) is 4.02. The fourth-order valence-electron chi connectivity index (χ4n) is 0.602. The summed E-state index contributed by atoms with van der Waals surface area (Å²) in [4.78, 5) is 0. The normalized spacial score (nSPS) is 21.8. The molecular weight excluding hydrogens is 168 g/mol. The Hall–Kier alpha value is 0.790. The summed E-state index contributed by atoms with van der Waals surface area (Å²) in [6.07, 6.45) is 3.18. The van der Waals surface area contributed by atoms with Crippen LogP contribution in [0, 0.1) is 0 Å². The number of thioether (sulfide) groups is 3. The van der Waals surface area contributed by atoms with Gasteiger partial charge in [0.25, 0.3) is 0 Å². The van der Waals surface area contributed by atoms with Crippen molar-refractivity contribution in [3.8, 4) is 0 Å². The van der Waals surface area contributed by atoms with Gasteiger partial charge in [-0.25, -0.2) is 0 Å². The molecule has 0 atom stereocenters. The van der Waals surface area contributed by atoms with E-state index in [9.17, 15) is 0 Å². The summed E-state index contributed by atoms with van der Waals surface area (Å²) in [7, 11) is 0. The Morgan fingerprint density at radius 1 is 1.44 bits per heavy atom. The maximum absolute atomic E-state index is 3.72. The summed E-state index contributed by atoms with van der Waals surface area (Å²) in [5.41, 5.74) is 0. The molecule has 0 aromatic heterocycles. The molecule has 1 saturated heterocycles. The third-order valence-corrected chi connectivity index (χ3v) is 5.40. The first-order chi connectivity index (χ1) is 4.43. The Balaban J connectivity index is 2.15. The molecule has 0 radical (unpaired) electrons. The van der Waals surface area contributed by atoms with Gasteiger partial charge in [0.15, 0.2) is 0 Å². The van der Waals surface area contributed by atoms with Gasteiger partial charge in [0.05, 0.1) is 4.58 Å². The number of allylic oxidation sites excluding steroid dienone is 1. The van der Waals surface area contributed by atoms with Crippen molar-refractivity contribution < 1.29 is 0 Å². The molecule has 0 aromatic carbocycles. The van der Waals surface area contributed by atoms with Crippen LogP contribution in [0.2, 0.25) is 0 Å². The van der Waals surface area contributed by atoms with E-state index in [4.69, 9.17) is 0 Å². The molecule has 3 heteroatoms. The van der Waals surface area contributed by atoms with Gasteiger partial charge in [0.1, 0.15) is 0 Å². The van der Waals surface area contributed by atoms with E-state index in [-0.39, 0.29) is 0 Å². The Bertz CT molecular complexity index is 86.3. The van der Waals surface area contributed by atoms with Gasteiger partial charge in [0, 0.05) is 10.2 Å². The van der Waals surface area contributed by atoms with Gasteiger partial charge in [-0.05, 0) is 6.42 Å². The number of hydrogen-bond donors (Lipinski definition) is 0. The molecule has 0 amide bonds. The summed E-state index contributed by atoms with van der Waals surface area (Å²) in [5.74, 6) is 0. The molecule has 0 spiro atoms. The molecule has 0 N–H and O–H groups in total. The predicted molar refractivity (Wildman–Crippen MR) is 51.1 cm³/mol. The highest BCUT2D eigenvalue weighted by atomic mass is 32.3. The minimum Gasteiger partial charge on any atom is -0.140 e. The third kappa shape index (κ3) is 2.92. The van der Waals surface area contributed by atoms with Gasteiger partial charge in [0.2, 0.25) is 0 Å². The Morgan fingerprint density at radius 3 is 2.67 bits per heavy atom. The van der Waals surface area contributed by atoms with Gasteiger partial charge in [-0.2, -0.15) is 0 Å². The quantitative estimate of drug-likeness (QED) is 0.597. The number of hydrogen-bond acceptors (Lipinski definition) is 3. The molecule has 0 aliphatic carbocycles. The van der Waals surface area contributed by atoms with Crippen molar-refractivity contribution in [1.29, 1.82) is 0 Å². The third-order valence-electron chi connectivity index (χ3n) is 1.03. The molecule has 0 aromatic rings. The zero-order valence-corrected chi connectivity index (χ0v) is 7.66. The summed E-state index contributed by atoms with van der Waals surface area (Å²) in [6, 6.07) is 0. The van der Waals surface area contributed by atoms with E-state index in [2.05, 4.69) is 6.58 Å². The van der Waals surface area contributed by atoms with Crippen LogP contribution >= 0.6 is 35.3 Å². The molecule has 0 bridgehead atoms. The molecule has 0 saturated carbocycles. The summed E-state index contributed by atoms with van der Waals surface area (Å²) in [6.45, 7) is 3.72. The largest absolute Gasteiger partial charge is 0.140 e. The maximum atomic E-state index is 3.72. The highest BCUT2D eigenvalue weighted by Gasteiger charge is 2.11. The van der Waals surface area contributed by atoms with Crippen molar-refractivity contribution in [3.05, 3.63) is 12.7 Å². The first-order valence-corrected chi connectivity index (χ1v) is 6.10. The van der Waals surface area contributed by atoms with E-state index in [1.165, 1.54) is 10.2 Å². The highest BCUT2D eigenvalue weighted by Crippen LogP contribution is 2.37. The van der Waals surface area contributed by atoms with Gasteiger partial charge in [-0.15, -0.1) is 41.9 Å². The van der Waals surface area contributed by atoms with Crippen LogP contribution in [0.25, 0.3) is 0 Å². The SMILES string of the molecule is C=CCC1SCSCS1. The molecule has 1 rings (SSSR count). The summed E-state index contributed by atoms with van der Waals surface area (Å²) in [5, 5.41) is 2.54. The van der Waals surface area contributed by atoms with Gasteiger partial charge >= 0.3 is 0 Å². The molecule has 52 valence electrons. The van der Waals surface area contributed by atoms with E-state index >= 15 is 0 Å². The molecule has 1 aliphatic rings. The first-order valence-electron chi connectivity index (χ1n) is 2.85. The average molecular weight is 178 g/mol. The minimum atomic E-state index is 0.795. The van der Waals surface area contributed by atoms with Crippen LogP contribution in [-0.4, -0.2) is 14.8 Å². The fourth-order valence-corrected chi connectivity index (χ4v) is 5.40. The van der Waals surface area contributed by atoms with Crippen LogP contribution < -0.4 is 0 Å². The van der Waals surface area contributed by atoms with Crippen molar-refractivity contribution in [2.45, 2.75) is 11.0 Å². The second kappa shape index (κ2) is 4.58. The van der Waals surface area contributed by atoms with Crippen LogP contribution in [0.4, 0.5) is 0 Å². The molecule has 0 unspecified atom stereocenters. The number of rotatable bonds is 2. The minimum absolute atomic E-state index is 0.795. The monoisotopic (exact) mass is 178 g/mol. The van der Waals surface area contributed by atoms with E-state index in [1.807, 2.05) is 41.4 Å². The van der Waals surface area contributed by atoms with E-state index in [0.29, 0.717) is 0 Å². The van der Waals surface area contributed by atoms with Crippen molar-refractivity contribution in [3.63, 3.8) is 0 Å². The summed E-state index contributed by atoms with van der Waals surface area (Å²) < 4.78 is 0.795. The van der Waals surface area contributed by atoms with Crippen LogP contribution in [0.5, 0.6) is 0 Å². The van der Waals surface area contributed by atoms with E-state index < -0.39 is 0 Å². The summed E-state index contributed by atoms with van der Waals surface area (Å²) >= 11 is 6.10. The molecule has 1 fully saturated rings. The first kappa shape index (κ1) is 7.89. The van der Waals surface area contributed by atoms with Crippen LogP contribution in [-0.2, 0) is 0 Å². The molecule has 1 heterocycles. The van der Waals surface area contributed by atoms with Crippen molar-refractivity contribution in [1.82, 2.24) is 0 Å². The van der Waals surface area contributed by atoms with Crippen LogP contribution in [0.1, 0.15) is 6.42 Å². The lowest BCUT2D eigenvalue weighted by molar-refractivity contribution is 1.19. The lowest BCUT2D eigenvalue weighted by atomic mass is 10.5. The fraction of sp³-hybridized carbons (Fsp3) is 0.667. The highest BCUT2D eigenvalue weighted by molar-refractivity contribution is 8.32. The second-order valence-corrected chi connectivity index (χ2v) is 6.12. The topological polar surface area (TPSA) is 0 Å². The zero-order valence-electron chi connectivity index (χ0n) is 5.21. The Labute approximate surface area is 69.2 Å². The molecule has 9 heavy (non-hydrogen) atoms. The van der Waals surface area contributed by atoms with Crippen LogP contribution in [0.15, 0.2) is 12.7 Å². The van der Waals surface area contributed by atoms with Crippen molar-refractivity contribution in [2.24, 2.45) is 0 Å². The van der Waals surface area contributed by atoms with E-state index in [0.717, 1.165) is 11.0 Å². The van der Waals surface area contributed by atoms with Gasteiger partial charge in [-0.3, -0.25) is 0 Å². The van der Waals surface area contributed by atoms with Gasteiger partial charge in [-0.1, -0.05) is 6.08 Å². The lowest BCUT2D eigenvalue weighted by Crippen LogP contribution is -2.00. The predicted octanol–water partition coefficient (Wildman–Crippen LogP) is 3.02. The second-order valence-electron chi connectivity index (χ2n) is 1.73. The van der Waals surface area contributed by atoms with E-state index in [1.54, 1.807) is 0 Å². The molecule has 0 nitrogen and oxygen atoms in total. The molecule has 1 aliphatic heterocycles. The lowest BCUT2D eigenvalue weighted by Gasteiger charge is -2.18. The molecular formula is C6H10S3. The average Bonchev–Trinajstić information content (AvgIpc) is 1.91. The maximum Gasteiger partial charge on any atom is 0.0553 e. The Morgan fingerprint density at radius 2 is 2.11 bits per heavy atom. The standard InChI is InChI=1S/C6H10S3/c1-2-3-6-8-4-7-5-9-6/h2,6H,1,3-5H2. The zero-order chi connectivity index (χ0) is 6.53. The van der Waals surface area contributed by atoms with Crippen molar-refractivity contribution in [2.75, 3.05) is 10.2 Å².